The van der Waals surface area contributed by atoms with Gasteiger partial charge in [-0.2, -0.15) is 0 Å². The summed E-state index contributed by atoms with van der Waals surface area (Å²) in [6, 6.07) is 9.40. The molecule has 1 amide bonds. The van der Waals surface area contributed by atoms with Gasteiger partial charge < -0.3 is 9.42 Å². The van der Waals surface area contributed by atoms with Crippen molar-refractivity contribution in [2.24, 2.45) is 0 Å². The van der Waals surface area contributed by atoms with Crippen molar-refractivity contribution in [2.75, 3.05) is 6.54 Å². The molecule has 122 valence electrons. The Bertz CT molecular complexity index is 814. The number of nitrogens with zero attached hydrogens (tertiary/aromatic N) is 6. The summed E-state index contributed by atoms with van der Waals surface area (Å²) in [6.45, 7) is 1.12. The minimum atomic E-state index is -0.469. The first-order valence-electron chi connectivity index (χ1n) is 7.78. The maximum absolute atomic E-state index is 13.1. The molecule has 8 nitrogen and oxygen atoms in total. The molecule has 0 fully saturated rings. The lowest BCUT2D eigenvalue weighted by molar-refractivity contribution is -0.136. The molecule has 0 spiro atoms. The topological polar surface area (TPSA) is 89.9 Å². The van der Waals surface area contributed by atoms with Crippen molar-refractivity contribution in [3.63, 3.8) is 0 Å². The van der Waals surface area contributed by atoms with E-state index in [9.17, 15) is 4.79 Å². The summed E-state index contributed by atoms with van der Waals surface area (Å²) in [6.07, 6.45) is 4.33. The second kappa shape index (κ2) is 6.23. The molecule has 0 N–H and O–H groups in total. The third kappa shape index (κ3) is 2.78. The fourth-order valence-corrected chi connectivity index (χ4v) is 2.98. The number of fused-ring (bicyclic) bond motifs is 1. The number of carbonyl (C=O) groups excluding carboxylic acids is 1. The molecule has 1 aliphatic rings. The van der Waals surface area contributed by atoms with Crippen LogP contribution in [0.3, 0.4) is 0 Å². The van der Waals surface area contributed by atoms with Crippen LogP contribution in [0.25, 0.3) is 0 Å². The quantitative estimate of drug-likeness (QED) is 0.712. The highest BCUT2D eigenvalue weighted by molar-refractivity contribution is 5.81. The van der Waals surface area contributed by atoms with Crippen LogP contribution in [-0.4, -0.2) is 42.7 Å². The first-order chi connectivity index (χ1) is 11.8. The Balaban J connectivity index is 1.58. The maximum Gasteiger partial charge on any atom is 0.248 e. The molecule has 4 rings (SSSR count). The molecule has 3 aromatic rings. The largest absolute Gasteiger partial charge is 0.364 e. The fourth-order valence-electron chi connectivity index (χ4n) is 2.98. The lowest BCUT2D eigenvalue weighted by atomic mass is 10.0. The zero-order valence-corrected chi connectivity index (χ0v) is 12.9. The van der Waals surface area contributed by atoms with E-state index < -0.39 is 6.04 Å². The highest BCUT2D eigenvalue weighted by Gasteiger charge is 2.30. The monoisotopic (exact) mass is 324 g/mol. The van der Waals surface area contributed by atoms with Crippen molar-refractivity contribution < 1.29 is 9.32 Å². The van der Waals surface area contributed by atoms with Crippen molar-refractivity contribution in [2.45, 2.75) is 25.4 Å². The second-order valence-corrected chi connectivity index (χ2v) is 5.79. The van der Waals surface area contributed by atoms with E-state index in [1.54, 1.807) is 6.26 Å². The molecule has 2 aromatic heterocycles. The first kappa shape index (κ1) is 14.6. The van der Waals surface area contributed by atoms with Crippen LogP contribution in [-0.2, 0) is 24.2 Å². The Labute approximate surface area is 138 Å². The number of benzene rings is 1. The summed E-state index contributed by atoms with van der Waals surface area (Å²) in [5.74, 6) is -0.00185. The smallest absolute Gasteiger partial charge is 0.248 e. The lowest BCUT2D eigenvalue weighted by Gasteiger charge is -2.29. The van der Waals surface area contributed by atoms with Gasteiger partial charge in [-0.3, -0.25) is 4.79 Å². The van der Waals surface area contributed by atoms with Gasteiger partial charge >= 0.3 is 0 Å². The van der Waals surface area contributed by atoms with Gasteiger partial charge in [-0.05, 0) is 16.0 Å². The average molecular weight is 324 g/mol. The van der Waals surface area contributed by atoms with E-state index in [4.69, 9.17) is 4.52 Å². The van der Waals surface area contributed by atoms with E-state index >= 15 is 0 Å². The lowest BCUT2D eigenvalue weighted by Crippen LogP contribution is -2.41. The average Bonchev–Trinajstić information content (AvgIpc) is 3.30. The third-order valence-corrected chi connectivity index (χ3v) is 4.26. The van der Waals surface area contributed by atoms with Gasteiger partial charge in [0.05, 0.1) is 12.2 Å². The first-order valence-corrected chi connectivity index (χ1v) is 7.78. The van der Waals surface area contributed by atoms with Gasteiger partial charge in [-0.15, -0.1) is 5.10 Å². The molecule has 1 aliphatic heterocycles. The summed E-state index contributed by atoms with van der Waals surface area (Å²) in [5, 5.41) is 15.3. The Hall–Kier alpha value is -3.03. The van der Waals surface area contributed by atoms with Gasteiger partial charge in [0.25, 0.3) is 0 Å². The highest BCUT2D eigenvalue weighted by atomic mass is 16.5. The summed E-state index contributed by atoms with van der Waals surface area (Å²) in [7, 11) is 0. The molecule has 0 saturated carbocycles. The van der Waals surface area contributed by atoms with Crippen LogP contribution < -0.4 is 0 Å². The number of carbonyl (C=O) groups is 1. The van der Waals surface area contributed by atoms with Gasteiger partial charge in [-0.25, -0.2) is 4.68 Å². The normalized spacial score (nSPS) is 15.1. The molecular formula is C16H16N6O2. The van der Waals surface area contributed by atoms with Crippen LogP contribution in [0.15, 0.2) is 47.4 Å². The Morgan fingerprint density at radius 2 is 2.17 bits per heavy atom. The second-order valence-electron chi connectivity index (χ2n) is 5.79. The molecule has 1 atom stereocenters. The van der Waals surface area contributed by atoms with Crippen LogP contribution in [0.1, 0.15) is 22.9 Å². The van der Waals surface area contributed by atoms with E-state index in [1.807, 2.05) is 35.2 Å². The van der Waals surface area contributed by atoms with Crippen molar-refractivity contribution in [1.29, 1.82) is 0 Å². The van der Waals surface area contributed by atoms with Crippen molar-refractivity contribution in [3.05, 3.63) is 59.7 Å². The predicted octanol–water partition coefficient (Wildman–Crippen LogP) is 1.03. The highest BCUT2D eigenvalue weighted by Crippen LogP contribution is 2.22. The minimum Gasteiger partial charge on any atom is -0.364 e. The van der Waals surface area contributed by atoms with E-state index in [-0.39, 0.29) is 5.91 Å². The molecule has 0 bridgehead atoms. The molecule has 3 heterocycles. The zero-order valence-electron chi connectivity index (χ0n) is 12.9. The summed E-state index contributed by atoms with van der Waals surface area (Å²) in [5.41, 5.74) is 2.96. The molecule has 8 heteroatoms. The van der Waals surface area contributed by atoms with Gasteiger partial charge in [0, 0.05) is 24.9 Å². The Morgan fingerprint density at radius 1 is 1.29 bits per heavy atom. The third-order valence-electron chi connectivity index (χ3n) is 4.26. The number of amides is 1. The van der Waals surface area contributed by atoms with Crippen LogP contribution in [0.5, 0.6) is 0 Å². The van der Waals surface area contributed by atoms with Gasteiger partial charge in [0.2, 0.25) is 5.91 Å². The van der Waals surface area contributed by atoms with Gasteiger partial charge in [0.15, 0.2) is 0 Å². The molecule has 1 unspecified atom stereocenters. The minimum absolute atomic E-state index is 0.00185. The number of tetrazole rings is 1. The number of hydrogen-bond donors (Lipinski definition) is 0. The van der Waals surface area contributed by atoms with Crippen molar-refractivity contribution in [3.8, 4) is 0 Å². The molecule has 1 aromatic carbocycles. The molecule has 0 aliphatic carbocycles. The zero-order chi connectivity index (χ0) is 16.4. The molecule has 0 saturated heterocycles. The van der Waals surface area contributed by atoms with E-state index in [0.29, 0.717) is 25.9 Å². The molecule has 0 radical (unpaired) electrons. The van der Waals surface area contributed by atoms with Gasteiger partial charge in [0.1, 0.15) is 18.6 Å². The number of hydrogen-bond acceptors (Lipinski definition) is 6. The Kier molecular flexibility index (Phi) is 3.78. The fraction of sp³-hybridized carbons (Fsp3) is 0.312. The summed E-state index contributed by atoms with van der Waals surface area (Å²) < 4.78 is 6.52. The van der Waals surface area contributed by atoms with Crippen LogP contribution >= 0.6 is 0 Å². The number of rotatable bonds is 4. The molecule has 24 heavy (non-hydrogen) atoms. The number of aromatic nitrogens is 5. The summed E-state index contributed by atoms with van der Waals surface area (Å²) >= 11 is 0. The SMILES string of the molecule is O=C(C(Cc1ccccc1)n1cnnn1)N1CCc2nocc2C1. The van der Waals surface area contributed by atoms with Crippen LogP contribution in [0.2, 0.25) is 0 Å². The van der Waals surface area contributed by atoms with E-state index in [2.05, 4.69) is 20.7 Å². The standard InChI is InChI=1S/C16H16N6O2/c23-16(21-7-6-14-13(9-21)10-24-18-14)15(22-11-17-19-20-22)8-12-4-2-1-3-5-12/h1-5,10-11,15H,6-9H2. The predicted molar refractivity (Wildman–Crippen MR) is 82.6 cm³/mol. The van der Waals surface area contributed by atoms with Crippen LogP contribution in [0.4, 0.5) is 0 Å². The van der Waals surface area contributed by atoms with E-state index in [0.717, 1.165) is 16.8 Å². The van der Waals surface area contributed by atoms with Gasteiger partial charge in [-0.1, -0.05) is 35.5 Å². The van der Waals surface area contributed by atoms with Crippen molar-refractivity contribution in [1.82, 2.24) is 30.3 Å². The Morgan fingerprint density at radius 3 is 2.96 bits per heavy atom. The van der Waals surface area contributed by atoms with Crippen molar-refractivity contribution >= 4 is 5.91 Å². The molecular weight excluding hydrogens is 308 g/mol. The maximum atomic E-state index is 13.1. The van der Waals surface area contributed by atoms with E-state index in [1.165, 1.54) is 11.0 Å². The summed E-state index contributed by atoms with van der Waals surface area (Å²) in [4.78, 5) is 14.9. The van der Waals surface area contributed by atoms with Crippen LogP contribution in [0, 0.1) is 0 Å².